The van der Waals surface area contributed by atoms with Crippen LogP contribution in [0.5, 0.6) is 0 Å². The fraction of sp³-hybridized carbons (Fsp3) is 0.714. The van der Waals surface area contributed by atoms with Crippen molar-refractivity contribution in [3.63, 3.8) is 0 Å². The molecule has 2 N–H and O–H groups in total. The highest BCUT2D eigenvalue weighted by Crippen LogP contribution is 2.33. The van der Waals surface area contributed by atoms with Crippen LogP contribution in [0.3, 0.4) is 0 Å². The van der Waals surface area contributed by atoms with Crippen molar-refractivity contribution in [2.24, 2.45) is 5.92 Å². The summed E-state index contributed by atoms with van der Waals surface area (Å²) >= 11 is 2.49. The molecule has 1 aromatic rings. The van der Waals surface area contributed by atoms with E-state index < -0.39 is 5.97 Å². The van der Waals surface area contributed by atoms with Gasteiger partial charge in [-0.1, -0.05) is 18.3 Å². The first-order valence-electron chi connectivity index (χ1n) is 11.1. The zero-order chi connectivity index (χ0) is 23.3. The molecule has 0 spiro atoms. The van der Waals surface area contributed by atoms with Gasteiger partial charge in [0.2, 0.25) is 0 Å². The molecule has 2 aliphatic rings. The molecule has 1 aliphatic heterocycles. The molecule has 11 heteroatoms. The highest BCUT2D eigenvalue weighted by Gasteiger charge is 2.36. The lowest BCUT2D eigenvalue weighted by Crippen LogP contribution is -2.55. The van der Waals surface area contributed by atoms with Crippen LogP contribution < -0.4 is 5.32 Å². The third-order valence-corrected chi connectivity index (χ3v) is 8.25. The van der Waals surface area contributed by atoms with Gasteiger partial charge in [-0.05, 0) is 44.4 Å². The average Bonchev–Trinajstić information content (AvgIpc) is 3.21. The van der Waals surface area contributed by atoms with E-state index >= 15 is 0 Å². The topological polar surface area (TPSA) is 106 Å². The van der Waals surface area contributed by atoms with Crippen LogP contribution in [-0.2, 0) is 4.79 Å². The van der Waals surface area contributed by atoms with Gasteiger partial charge in [0.1, 0.15) is 0 Å². The van der Waals surface area contributed by atoms with Gasteiger partial charge in [0.05, 0.1) is 16.2 Å². The standard InChI is InChI=1S/C21H33N5O4S2/c1-14-4-6-15(7-5-14)26(16-8-10-25(11-9-16)21(30)24(2)3)20(29)23-19-22-12-18(32-19)31-13-17(27)28/h12,14-16H,4-11,13H2,1-3H3,(H,27,28)(H,22,23,29). The number of hydrogen-bond acceptors (Lipinski definition) is 6. The zero-order valence-electron chi connectivity index (χ0n) is 19.0. The summed E-state index contributed by atoms with van der Waals surface area (Å²) in [4.78, 5) is 46.2. The highest BCUT2D eigenvalue weighted by atomic mass is 32.2. The summed E-state index contributed by atoms with van der Waals surface area (Å²) in [5.74, 6) is -0.235. The lowest BCUT2D eigenvalue weighted by Gasteiger charge is -2.44. The van der Waals surface area contributed by atoms with E-state index in [9.17, 15) is 14.4 Å². The van der Waals surface area contributed by atoms with Crippen molar-refractivity contribution in [1.82, 2.24) is 19.7 Å². The van der Waals surface area contributed by atoms with Crippen LogP contribution in [-0.4, -0.2) is 87.8 Å². The number of thiazole rings is 1. The summed E-state index contributed by atoms with van der Waals surface area (Å²) in [7, 11) is 3.52. The van der Waals surface area contributed by atoms with Gasteiger partial charge < -0.3 is 19.8 Å². The van der Waals surface area contributed by atoms with Crippen LogP contribution in [0.25, 0.3) is 0 Å². The molecule has 0 aromatic carbocycles. The molecule has 2 fully saturated rings. The second-order valence-corrected chi connectivity index (χ2v) is 11.1. The van der Waals surface area contributed by atoms with Gasteiger partial charge in [0, 0.05) is 39.3 Å². The number of amides is 4. The van der Waals surface area contributed by atoms with Crippen molar-refractivity contribution >= 4 is 46.3 Å². The van der Waals surface area contributed by atoms with Crippen LogP contribution in [0.1, 0.15) is 45.4 Å². The van der Waals surface area contributed by atoms with E-state index in [4.69, 9.17) is 5.11 Å². The van der Waals surface area contributed by atoms with E-state index in [1.165, 1.54) is 23.1 Å². The van der Waals surface area contributed by atoms with E-state index in [1.54, 1.807) is 25.2 Å². The number of likely N-dealkylation sites (tertiary alicyclic amines) is 1. The highest BCUT2D eigenvalue weighted by molar-refractivity contribution is 8.01. The number of carbonyl (C=O) groups excluding carboxylic acids is 2. The maximum atomic E-state index is 13.4. The lowest BCUT2D eigenvalue weighted by atomic mass is 9.85. The smallest absolute Gasteiger partial charge is 0.324 e. The van der Waals surface area contributed by atoms with E-state index in [-0.39, 0.29) is 29.9 Å². The Bertz CT molecular complexity index is 802. The second kappa shape index (κ2) is 11.2. The molecule has 1 saturated carbocycles. The van der Waals surface area contributed by atoms with Gasteiger partial charge in [-0.15, -0.1) is 11.8 Å². The number of hydrogen-bond donors (Lipinski definition) is 2. The maximum absolute atomic E-state index is 13.4. The Balaban J connectivity index is 1.67. The summed E-state index contributed by atoms with van der Waals surface area (Å²) in [5, 5.41) is 12.3. The summed E-state index contributed by atoms with van der Waals surface area (Å²) in [6, 6.07) is 0.139. The number of nitrogens with zero attached hydrogens (tertiary/aromatic N) is 4. The molecule has 0 bridgehead atoms. The molecule has 1 saturated heterocycles. The van der Waals surface area contributed by atoms with Gasteiger partial charge in [0.25, 0.3) is 0 Å². The fourth-order valence-electron chi connectivity index (χ4n) is 4.44. The molecule has 4 amide bonds. The lowest BCUT2D eigenvalue weighted by molar-refractivity contribution is -0.133. The van der Waals surface area contributed by atoms with Crippen LogP contribution in [0, 0.1) is 5.92 Å². The first kappa shape index (κ1) is 24.6. The van der Waals surface area contributed by atoms with Crippen LogP contribution in [0.2, 0.25) is 0 Å². The normalized spacial score (nSPS) is 21.8. The first-order chi connectivity index (χ1) is 15.2. The number of thioether (sulfide) groups is 1. The van der Waals surface area contributed by atoms with E-state index in [2.05, 4.69) is 17.2 Å². The Labute approximate surface area is 197 Å². The molecule has 1 aliphatic carbocycles. The molecule has 9 nitrogen and oxygen atoms in total. The van der Waals surface area contributed by atoms with Crippen molar-refractivity contribution in [3.8, 4) is 0 Å². The van der Waals surface area contributed by atoms with E-state index in [1.807, 2.05) is 9.80 Å². The summed E-state index contributed by atoms with van der Waals surface area (Å²) in [5.41, 5.74) is 0. The Kier molecular flexibility index (Phi) is 8.64. The monoisotopic (exact) mass is 483 g/mol. The Hall–Kier alpha value is -2.01. The molecule has 178 valence electrons. The molecule has 2 heterocycles. The SMILES string of the molecule is CC1CCC(N(C(=O)Nc2ncc(SCC(=O)O)s2)C2CCN(C(=O)N(C)C)CC2)CC1. The predicted molar refractivity (Wildman–Crippen MR) is 126 cm³/mol. The summed E-state index contributed by atoms with van der Waals surface area (Å²) in [6.07, 6.45) is 7.32. The number of carbonyl (C=O) groups is 3. The number of urea groups is 2. The number of nitrogens with one attached hydrogen (secondary N) is 1. The Morgan fingerprint density at radius 2 is 1.78 bits per heavy atom. The molecule has 1 aromatic heterocycles. The van der Waals surface area contributed by atoms with Crippen molar-refractivity contribution < 1.29 is 19.5 Å². The number of rotatable bonds is 6. The second-order valence-electron chi connectivity index (χ2n) is 8.81. The fourth-order valence-corrected chi connectivity index (χ4v) is 6.02. The molecule has 0 atom stereocenters. The van der Waals surface area contributed by atoms with Crippen LogP contribution >= 0.6 is 23.1 Å². The minimum atomic E-state index is -0.884. The number of piperidine rings is 1. The number of anilines is 1. The number of aromatic nitrogens is 1. The maximum Gasteiger partial charge on any atom is 0.324 e. The number of carboxylic acid groups (broad SMARTS) is 1. The minimum absolute atomic E-state index is 0.0140. The average molecular weight is 484 g/mol. The van der Waals surface area contributed by atoms with Gasteiger partial charge in [0.15, 0.2) is 5.13 Å². The van der Waals surface area contributed by atoms with Crippen molar-refractivity contribution in [1.29, 1.82) is 0 Å². The summed E-state index contributed by atoms with van der Waals surface area (Å²) < 4.78 is 0.760. The minimum Gasteiger partial charge on any atom is -0.481 e. The largest absolute Gasteiger partial charge is 0.481 e. The summed E-state index contributed by atoms with van der Waals surface area (Å²) in [6.45, 7) is 3.54. The Morgan fingerprint density at radius 1 is 1.16 bits per heavy atom. The van der Waals surface area contributed by atoms with Gasteiger partial charge >= 0.3 is 18.0 Å². The zero-order valence-corrected chi connectivity index (χ0v) is 20.6. The van der Waals surface area contributed by atoms with E-state index in [0.717, 1.165) is 42.7 Å². The van der Waals surface area contributed by atoms with Gasteiger partial charge in [-0.3, -0.25) is 10.1 Å². The van der Waals surface area contributed by atoms with Crippen molar-refractivity contribution in [2.75, 3.05) is 38.3 Å². The molecule has 0 unspecified atom stereocenters. The molecular formula is C21H33N5O4S2. The van der Waals surface area contributed by atoms with Gasteiger partial charge in [-0.2, -0.15) is 0 Å². The molecule has 3 rings (SSSR count). The Morgan fingerprint density at radius 3 is 2.38 bits per heavy atom. The predicted octanol–water partition coefficient (Wildman–Crippen LogP) is 3.88. The molecule has 32 heavy (non-hydrogen) atoms. The molecular weight excluding hydrogens is 450 g/mol. The van der Waals surface area contributed by atoms with Crippen molar-refractivity contribution in [2.45, 2.75) is 61.7 Å². The third-order valence-electron chi connectivity index (χ3n) is 6.16. The van der Waals surface area contributed by atoms with Gasteiger partial charge in [-0.25, -0.2) is 14.6 Å². The van der Waals surface area contributed by atoms with Crippen molar-refractivity contribution in [3.05, 3.63) is 6.20 Å². The number of aliphatic carboxylic acids is 1. The third kappa shape index (κ3) is 6.50. The quantitative estimate of drug-likeness (QED) is 0.595. The number of carboxylic acids is 1. The van der Waals surface area contributed by atoms with Crippen LogP contribution in [0.15, 0.2) is 10.4 Å². The van der Waals surface area contributed by atoms with Crippen LogP contribution in [0.4, 0.5) is 14.7 Å². The molecule has 0 radical (unpaired) electrons. The van der Waals surface area contributed by atoms with E-state index in [0.29, 0.717) is 24.1 Å². The first-order valence-corrected chi connectivity index (χ1v) is 12.9.